The number of aryl methyl sites for hydroxylation is 1. The van der Waals surface area contributed by atoms with Crippen LogP contribution in [0.4, 0.5) is 0 Å². The van der Waals surface area contributed by atoms with E-state index in [0.29, 0.717) is 23.8 Å². The van der Waals surface area contributed by atoms with Crippen molar-refractivity contribution in [3.8, 4) is 11.5 Å². The highest BCUT2D eigenvalue weighted by Gasteiger charge is 2.33. The summed E-state index contributed by atoms with van der Waals surface area (Å²) in [6.07, 6.45) is 3.37. The number of carbonyl (C=O) groups is 1. The summed E-state index contributed by atoms with van der Waals surface area (Å²) in [6, 6.07) is 13.5. The number of benzene rings is 2. The lowest BCUT2D eigenvalue weighted by Gasteiger charge is -2.19. The van der Waals surface area contributed by atoms with Crippen LogP contribution in [0.25, 0.3) is 0 Å². The van der Waals surface area contributed by atoms with Crippen molar-refractivity contribution < 1.29 is 14.3 Å². The quantitative estimate of drug-likeness (QED) is 0.738. The molecule has 0 spiro atoms. The smallest absolute Gasteiger partial charge is 0.220 e. The maximum atomic E-state index is 12.5. The van der Waals surface area contributed by atoms with E-state index in [0.717, 1.165) is 35.5 Å². The number of ether oxygens (including phenoxy) is 2. The molecule has 0 bridgehead atoms. The first-order valence-corrected chi connectivity index (χ1v) is 9.23. The van der Waals surface area contributed by atoms with Gasteiger partial charge in [0.15, 0.2) is 0 Å². The Kier molecular flexibility index (Phi) is 6.04. The molecule has 1 unspecified atom stereocenters. The molecule has 3 rings (SSSR count). The van der Waals surface area contributed by atoms with Gasteiger partial charge >= 0.3 is 0 Å². The van der Waals surface area contributed by atoms with Crippen molar-refractivity contribution in [2.45, 2.75) is 31.7 Å². The average Bonchev–Trinajstić information content (AvgIpc) is 3.50. The summed E-state index contributed by atoms with van der Waals surface area (Å²) in [7, 11) is 3.25. The molecule has 0 aromatic heterocycles. The molecule has 138 valence electrons. The zero-order valence-corrected chi connectivity index (χ0v) is 15.9. The van der Waals surface area contributed by atoms with Crippen LogP contribution in [0.1, 0.15) is 36.4 Å². The molecule has 4 nitrogen and oxygen atoms in total. The van der Waals surface area contributed by atoms with Gasteiger partial charge in [0.05, 0.1) is 20.3 Å². The van der Waals surface area contributed by atoms with Gasteiger partial charge in [-0.25, -0.2) is 0 Å². The fourth-order valence-corrected chi connectivity index (χ4v) is 3.21. The minimum Gasteiger partial charge on any atom is -0.497 e. The van der Waals surface area contributed by atoms with Gasteiger partial charge in [-0.3, -0.25) is 4.79 Å². The zero-order valence-electron chi connectivity index (χ0n) is 15.1. The van der Waals surface area contributed by atoms with Crippen molar-refractivity contribution in [1.29, 1.82) is 0 Å². The predicted octanol–water partition coefficient (Wildman–Crippen LogP) is 4.56. The molecule has 1 atom stereocenters. The Labute approximate surface area is 159 Å². The minimum absolute atomic E-state index is 0.0543. The number of rotatable bonds is 8. The Hall–Kier alpha value is -2.20. The van der Waals surface area contributed by atoms with Crippen LogP contribution in [0.15, 0.2) is 42.5 Å². The van der Waals surface area contributed by atoms with Crippen molar-refractivity contribution in [2.75, 3.05) is 14.2 Å². The third-order valence-corrected chi connectivity index (χ3v) is 4.94. The second-order valence-corrected chi connectivity index (χ2v) is 7.09. The lowest BCUT2D eigenvalue weighted by atomic mass is 10.0. The van der Waals surface area contributed by atoms with E-state index in [4.69, 9.17) is 21.1 Å². The van der Waals surface area contributed by atoms with Crippen LogP contribution in [0.3, 0.4) is 0 Å². The topological polar surface area (TPSA) is 47.6 Å². The molecule has 2 aromatic carbocycles. The van der Waals surface area contributed by atoms with Gasteiger partial charge in [0.25, 0.3) is 0 Å². The Morgan fingerprint density at radius 1 is 1.12 bits per heavy atom. The normalized spacial score (nSPS) is 14.6. The SMILES string of the molecule is COc1cc(CCC(=O)NC(c2ccc(Cl)cc2)C2CC2)cc(OC)c1. The highest BCUT2D eigenvalue weighted by Crippen LogP contribution is 2.41. The summed E-state index contributed by atoms with van der Waals surface area (Å²) in [5, 5.41) is 3.91. The average molecular weight is 374 g/mol. The molecular formula is C21H24ClNO3. The number of carbonyl (C=O) groups excluding carboxylic acids is 1. The van der Waals surface area contributed by atoms with Crippen LogP contribution >= 0.6 is 11.6 Å². The highest BCUT2D eigenvalue weighted by molar-refractivity contribution is 6.30. The van der Waals surface area contributed by atoms with Gasteiger partial charge < -0.3 is 14.8 Å². The van der Waals surface area contributed by atoms with Gasteiger partial charge in [0.2, 0.25) is 5.91 Å². The van der Waals surface area contributed by atoms with Crippen molar-refractivity contribution in [1.82, 2.24) is 5.32 Å². The minimum atomic E-state index is 0.0543. The van der Waals surface area contributed by atoms with Crippen molar-refractivity contribution in [2.24, 2.45) is 5.92 Å². The molecule has 1 fully saturated rings. The lowest BCUT2D eigenvalue weighted by Crippen LogP contribution is -2.30. The van der Waals surface area contributed by atoms with Crippen LogP contribution in [-0.2, 0) is 11.2 Å². The number of nitrogens with one attached hydrogen (secondary N) is 1. The number of methoxy groups -OCH3 is 2. The predicted molar refractivity (Wildman–Crippen MR) is 103 cm³/mol. The van der Waals surface area contributed by atoms with Crippen LogP contribution in [0.5, 0.6) is 11.5 Å². The Balaban J connectivity index is 1.61. The summed E-state index contributed by atoms with van der Waals surface area (Å²) in [5.74, 6) is 2.05. The maximum absolute atomic E-state index is 12.5. The molecule has 2 aromatic rings. The van der Waals surface area contributed by atoms with E-state index in [1.54, 1.807) is 14.2 Å². The molecule has 1 amide bonds. The molecule has 1 N–H and O–H groups in total. The van der Waals surface area contributed by atoms with Gasteiger partial charge in [-0.05, 0) is 60.6 Å². The van der Waals surface area contributed by atoms with Gasteiger partial charge in [0, 0.05) is 17.5 Å². The van der Waals surface area contributed by atoms with E-state index in [2.05, 4.69) is 5.32 Å². The zero-order chi connectivity index (χ0) is 18.5. The molecule has 1 aliphatic rings. The summed E-state index contributed by atoms with van der Waals surface area (Å²) in [4.78, 5) is 12.5. The third-order valence-electron chi connectivity index (χ3n) is 4.69. The molecule has 0 radical (unpaired) electrons. The summed E-state index contributed by atoms with van der Waals surface area (Å²) in [5.41, 5.74) is 2.14. The second-order valence-electron chi connectivity index (χ2n) is 6.66. The van der Waals surface area contributed by atoms with Crippen molar-refractivity contribution in [3.05, 3.63) is 58.6 Å². The standard InChI is InChI=1S/C21H24ClNO3/c1-25-18-11-14(12-19(13-18)26-2)3-10-20(24)23-21(15-4-5-15)16-6-8-17(22)9-7-16/h6-9,11-13,15,21H,3-5,10H2,1-2H3,(H,23,24). The second kappa shape index (κ2) is 8.45. The first-order valence-electron chi connectivity index (χ1n) is 8.86. The van der Waals surface area contributed by atoms with E-state index in [1.165, 1.54) is 0 Å². The van der Waals surface area contributed by atoms with Crippen molar-refractivity contribution in [3.63, 3.8) is 0 Å². The highest BCUT2D eigenvalue weighted by atomic mass is 35.5. The molecule has 0 saturated heterocycles. The largest absolute Gasteiger partial charge is 0.497 e. The van der Waals surface area contributed by atoms with Crippen LogP contribution < -0.4 is 14.8 Å². The van der Waals surface area contributed by atoms with E-state index in [-0.39, 0.29) is 11.9 Å². The molecule has 0 aliphatic heterocycles. The molecule has 26 heavy (non-hydrogen) atoms. The first-order chi connectivity index (χ1) is 12.6. The van der Waals surface area contributed by atoms with Crippen LogP contribution in [0, 0.1) is 5.92 Å². The Bertz CT molecular complexity index is 734. The molecule has 1 saturated carbocycles. The Morgan fingerprint density at radius 2 is 1.73 bits per heavy atom. The molecule has 1 aliphatic carbocycles. The van der Waals surface area contributed by atoms with E-state index >= 15 is 0 Å². The molecule has 5 heteroatoms. The molecular weight excluding hydrogens is 350 g/mol. The fraction of sp³-hybridized carbons (Fsp3) is 0.381. The number of hydrogen-bond donors (Lipinski definition) is 1. The van der Waals surface area contributed by atoms with Gasteiger partial charge in [-0.1, -0.05) is 23.7 Å². The van der Waals surface area contributed by atoms with E-state index < -0.39 is 0 Å². The van der Waals surface area contributed by atoms with Crippen LogP contribution in [0.2, 0.25) is 5.02 Å². The van der Waals surface area contributed by atoms with Gasteiger partial charge in [-0.15, -0.1) is 0 Å². The third kappa shape index (κ3) is 4.92. The fourth-order valence-electron chi connectivity index (χ4n) is 3.09. The number of amides is 1. The Morgan fingerprint density at radius 3 is 2.27 bits per heavy atom. The monoisotopic (exact) mass is 373 g/mol. The summed E-state index contributed by atoms with van der Waals surface area (Å²) in [6.45, 7) is 0. The van der Waals surface area contributed by atoms with E-state index in [9.17, 15) is 4.79 Å². The number of halogens is 1. The lowest BCUT2D eigenvalue weighted by molar-refractivity contribution is -0.122. The maximum Gasteiger partial charge on any atom is 0.220 e. The number of hydrogen-bond acceptors (Lipinski definition) is 3. The molecule has 0 heterocycles. The van der Waals surface area contributed by atoms with Gasteiger partial charge in [0.1, 0.15) is 11.5 Å². The van der Waals surface area contributed by atoms with Crippen LogP contribution in [-0.4, -0.2) is 20.1 Å². The summed E-state index contributed by atoms with van der Waals surface area (Å²) < 4.78 is 10.6. The van der Waals surface area contributed by atoms with Gasteiger partial charge in [-0.2, -0.15) is 0 Å². The first kappa shape index (κ1) is 18.6. The van der Waals surface area contributed by atoms with E-state index in [1.807, 2.05) is 42.5 Å². The van der Waals surface area contributed by atoms with Crippen molar-refractivity contribution >= 4 is 17.5 Å². The summed E-state index contributed by atoms with van der Waals surface area (Å²) >= 11 is 5.98.